The van der Waals surface area contributed by atoms with Crippen molar-refractivity contribution in [1.82, 2.24) is 35.0 Å². The summed E-state index contributed by atoms with van der Waals surface area (Å²) in [6, 6.07) is 13.9. The van der Waals surface area contributed by atoms with Crippen LogP contribution in [0.15, 0.2) is 88.0 Å². The first-order chi connectivity index (χ1) is 29.1. The lowest BCUT2D eigenvalue weighted by atomic mass is 9.98. The van der Waals surface area contributed by atoms with Gasteiger partial charge < -0.3 is 37.3 Å². The fourth-order valence-electron chi connectivity index (χ4n) is 6.72. The molecule has 9 N–H and O–H groups in total. The van der Waals surface area contributed by atoms with Crippen molar-refractivity contribution < 1.29 is 43.8 Å². The summed E-state index contributed by atoms with van der Waals surface area (Å²) >= 11 is 2.21. The van der Waals surface area contributed by atoms with Gasteiger partial charge >= 0.3 is 11.9 Å². The van der Waals surface area contributed by atoms with E-state index in [-0.39, 0.29) is 53.0 Å². The zero-order chi connectivity index (χ0) is 44.1. The van der Waals surface area contributed by atoms with Crippen LogP contribution in [-0.2, 0) is 46.7 Å². The molecule has 0 bridgehead atoms. The molecule has 0 saturated carbocycles. The van der Waals surface area contributed by atoms with Crippen LogP contribution in [0.1, 0.15) is 36.9 Å². The Morgan fingerprint density at radius 1 is 0.984 bits per heavy atom. The first-order valence-electron chi connectivity index (χ1n) is 18.4. The number of tetrazole rings is 1. The normalized spacial score (nSPS) is 16.8. The standard InChI is InChI=1S/C38H39N11O10S2/c1-19(50)48(33(55)25(39)12-14-27(40)51)24-10-7-20(8-11-24)26-13-9-22(32(54)42-26)15-46(34(56)29(41)21-5-3-2-4-6-21)31-35(57)49-30(37(58)59)23(17-60-36(31)49)18-61-38-43-44-45-47(38)16-28(52)53/h2-11,13,25,29,31,36H,12,14-18,39,41H2,1H3,(H2,40,51)(H,42,54)(H,52,53)(H,58,59)/t25-,29?,31?,36-/m0/s1. The number of nitrogens with zero attached hydrogens (tertiary/aromatic N) is 7. The molecule has 4 heterocycles. The van der Waals surface area contributed by atoms with Crippen LogP contribution in [0, 0.1) is 0 Å². The Balaban J connectivity index is 1.25. The summed E-state index contributed by atoms with van der Waals surface area (Å²) in [4.78, 5) is 108. The van der Waals surface area contributed by atoms with Crippen LogP contribution in [0.2, 0.25) is 0 Å². The lowest BCUT2D eigenvalue weighted by Gasteiger charge is -2.53. The lowest BCUT2D eigenvalue weighted by Crippen LogP contribution is -2.71. The van der Waals surface area contributed by atoms with Crippen molar-refractivity contribution in [2.45, 2.75) is 61.5 Å². The van der Waals surface area contributed by atoms with E-state index in [2.05, 4.69) is 20.5 Å². The van der Waals surface area contributed by atoms with E-state index < -0.39 is 77.1 Å². The first kappa shape index (κ1) is 43.9. The van der Waals surface area contributed by atoms with Crippen molar-refractivity contribution >= 4 is 70.7 Å². The maximum atomic E-state index is 14.2. The number of carboxylic acids is 2. The van der Waals surface area contributed by atoms with Crippen molar-refractivity contribution in [3.63, 3.8) is 0 Å². The summed E-state index contributed by atoms with van der Waals surface area (Å²) < 4.78 is 1.05. The molecule has 0 aliphatic carbocycles. The van der Waals surface area contributed by atoms with E-state index in [1.165, 1.54) is 41.8 Å². The van der Waals surface area contributed by atoms with Gasteiger partial charge in [0.1, 0.15) is 29.7 Å². The van der Waals surface area contributed by atoms with Crippen molar-refractivity contribution in [3.8, 4) is 11.3 Å². The zero-order valence-corrected chi connectivity index (χ0v) is 33.9. The van der Waals surface area contributed by atoms with Gasteiger partial charge in [0.05, 0.1) is 18.3 Å². The van der Waals surface area contributed by atoms with Gasteiger partial charge in [-0.3, -0.25) is 38.5 Å². The van der Waals surface area contributed by atoms with Crippen LogP contribution in [-0.4, -0.2) is 116 Å². The summed E-state index contributed by atoms with van der Waals surface area (Å²) in [6.45, 7) is 0.299. The molecule has 61 heavy (non-hydrogen) atoms. The number of imide groups is 1. The fourth-order valence-corrected chi connectivity index (χ4v) is 9.15. The highest BCUT2D eigenvalue weighted by Crippen LogP contribution is 2.44. The molecule has 23 heteroatoms. The van der Waals surface area contributed by atoms with Gasteiger partial charge in [0.2, 0.25) is 22.9 Å². The number of aromatic nitrogens is 5. The van der Waals surface area contributed by atoms with E-state index in [1.54, 1.807) is 48.5 Å². The Bertz CT molecular complexity index is 2480. The second-order valence-electron chi connectivity index (χ2n) is 13.8. The molecule has 2 aromatic heterocycles. The van der Waals surface area contributed by atoms with Gasteiger partial charge in [-0.05, 0) is 57.8 Å². The highest BCUT2D eigenvalue weighted by molar-refractivity contribution is 8.01. The molecular formula is C38H39N11O10S2. The number of fused-ring (bicyclic) bond motifs is 1. The van der Waals surface area contributed by atoms with E-state index in [0.29, 0.717) is 22.4 Å². The summed E-state index contributed by atoms with van der Waals surface area (Å²) in [5, 5.41) is 29.7. The van der Waals surface area contributed by atoms with Gasteiger partial charge in [-0.1, -0.05) is 54.2 Å². The molecule has 5 amide bonds. The van der Waals surface area contributed by atoms with E-state index in [0.717, 1.165) is 26.2 Å². The van der Waals surface area contributed by atoms with Crippen LogP contribution in [0.5, 0.6) is 0 Å². The number of aliphatic carboxylic acids is 2. The van der Waals surface area contributed by atoms with Gasteiger partial charge in [-0.15, -0.1) is 16.9 Å². The molecule has 6 rings (SSSR count). The summed E-state index contributed by atoms with van der Waals surface area (Å²) in [7, 11) is 0. The third-order valence-electron chi connectivity index (χ3n) is 9.75. The molecule has 318 valence electrons. The number of carbonyl (C=O) groups excluding carboxylic acids is 5. The number of H-pyrrole nitrogens is 1. The molecule has 1 saturated heterocycles. The summed E-state index contributed by atoms with van der Waals surface area (Å²) in [5.41, 5.74) is 18.6. The SMILES string of the molecule is CC(=O)N(C(=O)[C@@H](N)CCC(N)=O)c1ccc(-c2ccc(CN(C(=O)C(N)c3ccccc3)C3C(=O)N4C(C(=O)O)=C(CSc5nnnn5CC(=O)O)CS[C@@H]34)c(=O)[nH]2)cc1. The molecule has 2 aromatic carbocycles. The van der Waals surface area contributed by atoms with Gasteiger partial charge in [0.15, 0.2) is 0 Å². The van der Waals surface area contributed by atoms with Crippen molar-refractivity contribution in [2.75, 3.05) is 16.4 Å². The second-order valence-corrected chi connectivity index (χ2v) is 15.9. The number of nitrogens with one attached hydrogen (secondary N) is 1. The third-order valence-corrected chi connectivity index (χ3v) is 12.1. The predicted molar refractivity (Wildman–Crippen MR) is 219 cm³/mol. The number of aromatic amines is 1. The average Bonchev–Trinajstić information content (AvgIpc) is 3.67. The van der Waals surface area contributed by atoms with Crippen LogP contribution >= 0.6 is 23.5 Å². The molecule has 0 spiro atoms. The Labute approximate surface area is 354 Å². The molecule has 21 nitrogen and oxygen atoms in total. The lowest BCUT2D eigenvalue weighted by molar-refractivity contribution is -0.161. The van der Waals surface area contributed by atoms with E-state index in [4.69, 9.17) is 22.3 Å². The number of hydrogen-bond donors (Lipinski definition) is 6. The van der Waals surface area contributed by atoms with Crippen molar-refractivity contribution in [1.29, 1.82) is 0 Å². The van der Waals surface area contributed by atoms with Gasteiger partial charge in [0, 0.05) is 36.1 Å². The number of primary amides is 1. The number of thioether (sulfide) groups is 2. The highest BCUT2D eigenvalue weighted by atomic mass is 32.2. The Morgan fingerprint density at radius 2 is 1.69 bits per heavy atom. The number of rotatable bonds is 17. The molecule has 2 aliphatic heterocycles. The largest absolute Gasteiger partial charge is 0.480 e. The molecular weight excluding hydrogens is 835 g/mol. The van der Waals surface area contributed by atoms with Crippen molar-refractivity contribution in [2.24, 2.45) is 17.2 Å². The summed E-state index contributed by atoms with van der Waals surface area (Å²) in [6.07, 6.45) is -0.197. The number of anilines is 1. The second kappa shape index (κ2) is 18.7. The minimum Gasteiger partial charge on any atom is -0.480 e. The van der Waals surface area contributed by atoms with E-state index in [9.17, 15) is 43.5 Å². The number of hydrogen-bond acceptors (Lipinski definition) is 15. The monoisotopic (exact) mass is 873 g/mol. The molecule has 2 unspecified atom stereocenters. The van der Waals surface area contributed by atoms with E-state index >= 15 is 0 Å². The Morgan fingerprint density at radius 3 is 2.31 bits per heavy atom. The van der Waals surface area contributed by atoms with Crippen LogP contribution < -0.4 is 27.7 Å². The predicted octanol–water partition coefficient (Wildman–Crippen LogP) is 0.0286. The number of carbonyl (C=O) groups is 7. The zero-order valence-electron chi connectivity index (χ0n) is 32.2. The number of nitrogens with two attached hydrogens (primary N) is 3. The number of β-lactam (4-membered cyclic amide) rings is 1. The number of amides is 5. The number of benzene rings is 2. The van der Waals surface area contributed by atoms with Gasteiger partial charge in [-0.2, -0.15) is 0 Å². The fraction of sp³-hybridized carbons (Fsp3) is 0.289. The van der Waals surface area contributed by atoms with Crippen LogP contribution in [0.3, 0.4) is 0 Å². The molecule has 0 radical (unpaired) electrons. The quantitative estimate of drug-likeness (QED) is 0.0602. The third kappa shape index (κ3) is 9.54. The maximum absolute atomic E-state index is 14.2. The Hall–Kier alpha value is -6.69. The van der Waals surface area contributed by atoms with Gasteiger partial charge in [0.25, 0.3) is 17.4 Å². The molecule has 2 aliphatic rings. The maximum Gasteiger partial charge on any atom is 0.352 e. The molecule has 4 aromatic rings. The van der Waals surface area contributed by atoms with Crippen LogP contribution in [0.25, 0.3) is 11.3 Å². The van der Waals surface area contributed by atoms with Gasteiger partial charge in [-0.25, -0.2) is 14.4 Å². The number of pyridine rings is 1. The van der Waals surface area contributed by atoms with E-state index in [1.807, 2.05) is 0 Å². The molecule has 4 atom stereocenters. The van der Waals surface area contributed by atoms with Crippen molar-refractivity contribution in [3.05, 3.63) is 99.5 Å². The Kier molecular flexibility index (Phi) is 13.5. The minimum absolute atomic E-state index is 0.0153. The average molecular weight is 874 g/mol. The smallest absolute Gasteiger partial charge is 0.352 e. The minimum atomic E-state index is -1.39. The number of carboxylic acid groups (broad SMARTS) is 2. The summed E-state index contributed by atoms with van der Waals surface area (Å²) in [5.74, 6) is -5.80. The molecule has 1 fully saturated rings. The van der Waals surface area contributed by atoms with Crippen LogP contribution in [0.4, 0.5) is 5.69 Å². The topological polar surface area (TPSA) is 324 Å². The highest BCUT2D eigenvalue weighted by Gasteiger charge is 2.57. The first-order valence-corrected chi connectivity index (χ1v) is 20.4.